The maximum absolute atomic E-state index is 13.0. The fraction of sp³-hybridized carbons (Fsp3) is 0.258. The average molecular weight is 538 g/mol. The first-order valence-corrected chi connectivity index (χ1v) is 13.3. The Labute approximate surface area is 232 Å². The van der Waals surface area contributed by atoms with Crippen molar-refractivity contribution in [2.45, 2.75) is 44.2 Å². The molecular weight excluding hydrogens is 506 g/mol. The summed E-state index contributed by atoms with van der Waals surface area (Å²) in [6.45, 7) is 0.396. The summed E-state index contributed by atoms with van der Waals surface area (Å²) >= 11 is 0. The number of rotatable bonds is 9. The van der Waals surface area contributed by atoms with E-state index >= 15 is 0 Å². The highest BCUT2D eigenvalue weighted by Crippen LogP contribution is 2.38. The van der Waals surface area contributed by atoms with Crippen LogP contribution in [0.25, 0.3) is 5.69 Å². The molecule has 0 bridgehead atoms. The summed E-state index contributed by atoms with van der Waals surface area (Å²) in [4.78, 5) is 37.9. The van der Waals surface area contributed by atoms with Gasteiger partial charge in [0.25, 0.3) is 5.91 Å². The van der Waals surface area contributed by atoms with E-state index in [1.807, 2.05) is 78.9 Å². The Morgan fingerprint density at radius 2 is 1.65 bits per heavy atom. The topological polar surface area (TPSA) is 115 Å². The third-order valence-corrected chi connectivity index (χ3v) is 7.19. The molecule has 5 rings (SSSR count). The van der Waals surface area contributed by atoms with Crippen LogP contribution in [0, 0.1) is 0 Å². The van der Waals surface area contributed by atoms with Gasteiger partial charge >= 0.3 is 5.97 Å². The molecule has 4 aromatic rings. The third-order valence-electron chi connectivity index (χ3n) is 7.19. The van der Waals surface area contributed by atoms with Crippen molar-refractivity contribution >= 4 is 17.8 Å². The molecule has 0 radical (unpaired) electrons. The Kier molecular flexibility index (Phi) is 8.29. The number of para-hydroxylation sites is 1. The molecule has 0 aliphatic heterocycles. The van der Waals surface area contributed by atoms with E-state index in [-0.39, 0.29) is 41.9 Å². The number of hydrogen-bond donors (Lipinski definition) is 2. The van der Waals surface area contributed by atoms with Crippen molar-refractivity contribution in [2.24, 2.45) is 0 Å². The Balaban J connectivity index is 1.21. The first-order valence-electron chi connectivity index (χ1n) is 13.3. The minimum atomic E-state index is -0.311. The van der Waals surface area contributed by atoms with Gasteiger partial charge in [0, 0.05) is 13.0 Å². The Morgan fingerprint density at radius 1 is 0.925 bits per heavy atom. The number of nitrogens with zero attached hydrogens (tertiary/aromatic N) is 3. The van der Waals surface area contributed by atoms with E-state index in [9.17, 15) is 14.4 Å². The predicted octanol–water partition coefficient (Wildman–Crippen LogP) is 4.04. The van der Waals surface area contributed by atoms with Gasteiger partial charge in [-0.05, 0) is 47.6 Å². The third kappa shape index (κ3) is 6.09. The predicted molar refractivity (Wildman–Crippen MR) is 149 cm³/mol. The van der Waals surface area contributed by atoms with E-state index in [2.05, 4.69) is 20.9 Å². The summed E-state index contributed by atoms with van der Waals surface area (Å²) in [6.07, 6.45) is 3.62. The quantitative estimate of drug-likeness (QED) is 0.312. The number of nitrogens with one attached hydrogen (secondary N) is 2. The molecule has 2 amide bonds. The number of aryl methyl sites for hydroxylation is 1. The highest BCUT2D eigenvalue weighted by molar-refractivity contribution is 5.91. The fourth-order valence-corrected chi connectivity index (χ4v) is 5.14. The number of fused-ring (bicyclic) bond motifs is 1. The summed E-state index contributed by atoms with van der Waals surface area (Å²) in [6, 6.07) is 24.8. The Hall–Kier alpha value is -4.79. The first-order chi connectivity index (χ1) is 19.5. The normalized spacial score (nSPS) is 16.0. The molecule has 1 aromatic heterocycles. The van der Waals surface area contributed by atoms with Gasteiger partial charge in [0.15, 0.2) is 5.69 Å². The summed E-state index contributed by atoms with van der Waals surface area (Å²) in [5, 5.41) is 14.2. The molecule has 2 N–H and O–H groups in total. The molecule has 9 nitrogen and oxygen atoms in total. The molecule has 2 atom stereocenters. The molecule has 0 saturated carbocycles. The van der Waals surface area contributed by atoms with Crippen LogP contribution in [-0.4, -0.2) is 39.9 Å². The van der Waals surface area contributed by atoms with Gasteiger partial charge in [0.05, 0.1) is 31.0 Å². The number of benzene rings is 3. The SMILES string of the molecule is COC(=O)C1CCC(NC(=O)CCc2ccccc2-n2cc(C(=O)NCc3ccccc3)nn2)c2ccccc21. The molecular formula is C31H31N5O4. The van der Waals surface area contributed by atoms with Gasteiger partial charge in [-0.2, -0.15) is 0 Å². The fourth-order valence-electron chi connectivity index (χ4n) is 5.14. The van der Waals surface area contributed by atoms with Crippen LogP contribution in [0.3, 0.4) is 0 Å². The van der Waals surface area contributed by atoms with Gasteiger partial charge in [0.1, 0.15) is 0 Å². The highest BCUT2D eigenvalue weighted by atomic mass is 16.5. The molecule has 3 aromatic carbocycles. The number of methoxy groups -OCH3 is 1. The van der Waals surface area contributed by atoms with Crippen LogP contribution in [0.2, 0.25) is 0 Å². The summed E-state index contributed by atoms with van der Waals surface area (Å²) in [5.41, 5.74) is 4.74. The van der Waals surface area contributed by atoms with Gasteiger partial charge in [0.2, 0.25) is 5.91 Å². The van der Waals surface area contributed by atoms with E-state index in [4.69, 9.17) is 4.74 Å². The zero-order valence-corrected chi connectivity index (χ0v) is 22.2. The lowest BCUT2D eigenvalue weighted by Crippen LogP contribution is -2.33. The lowest BCUT2D eigenvalue weighted by molar-refractivity contribution is -0.142. The summed E-state index contributed by atoms with van der Waals surface area (Å²) in [7, 11) is 1.40. The van der Waals surface area contributed by atoms with Crippen molar-refractivity contribution in [3.63, 3.8) is 0 Å². The molecule has 1 heterocycles. The molecule has 0 spiro atoms. The van der Waals surface area contributed by atoms with E-state index in [0.29, 0.717) is 25.8 Å². The van der Waals surface area contributed by atoms with E-state index in [0.717, 1.165) is 27.9 Å². The minimum absolute atomic E-state index is 0.0781. The second kappa shape index (κ2) is 12.4. The standard InChI is InChI=1S/C31H31N5O4/c1-40-31(39)25-16-17-26(24-13-7-6-12-23(24)25)33-29(37)18-15-22-11-5-8-14-28(22)36-20-27(34-35-36)30(38)32-19-21-9-3-2-4-10-21/h2-14,20,25-26H,15-19H2,1H3,(H,32,38)(H,33,37). The monoisotopic (exact) mass is 537 g/mol. The van der Waals surface area contributed by atoms with E-state index < -0.39 is 0 Å². The maximum Gasteiger partial charge on any atom is 0.313 e. The second-order valence-corrected chi connectivity index (χ2v) is 9.75. The van der Waals surface area contributed by atoms with Crippen molar-refractivity contribution < 1.29 is 19.1 Å². The van der Waals surface area contributed by atoms with Crippen LogP contribution in [0.15, 0.2) is 85.1 Å². The van der Waals surface area contributed by atoms with E-state index in [1.54, 1.807) is 10.9 Å². The van der Waals surface area contributed by atoms with Crippen molar-refractivity contribution in [3.8, 4) is 5.69 Å². The maximum atomic E-state index is 13.0. The zero-order valence-electron chi connectivity index (χ0n) is 22.2. The molecule has 0 fully saturated rings. The smallest absolute Gasteiger partial charge is 0.313 e. The molecule has 1 aliphatic rings. The van der Waals surface area contributed by atoms with Crippen molar-refractivity contribution in [2.75, 3.05) is 7.11 Å². The van der Waals surface area contributed by atoms with Crippen molar-refractivity contribution in [1.29, 1.82) is 0 Å². The molecule has 9 heteroatoms. The van der Waals surface area contributed by atoms with Crippen LogP contribution in [-0.2, 0) is 27.3 Å². The number of hydrogen-bond acceptors (Lipinski definition) is 6. The van der Waals surface area contributed by atoms with Crippen molar-refractivity contribution in [3.05, 3.63) is 113 Å². The molecule has 204 valence electrons. The van der Waals surface area contributed by atoms with Gasteiger partial charge in [-0.25, -0.2) is 4.68 Å². The van der Waals surface area contributed by atoms with Crippen LogP contribution in [0.4, 0.5) is 0 Å². The van der Waals surface area contributed by atoms with Crippen LogP contribution < -0.4 is 10.6 Å². The number of aromatic nitrogens is 3. The molecule has 0 saturated heterocycles. The van der Waals surface area contributed by atoms with Gasteiger partial charge < -0.3 is 15.4 Å². The first kappa shape index (κ1) is 26.8. The number of ether oxygens (including phenoxy) is 1. The van der Waals surface area contributed by atoms with Crippen LogP contribution in [0.1, 0.15) is 64.0 Å². The number of amides is 2. The second-order valence-electron chi connectivity index (χ2n) is 9.75. The molecule has 1 aliphatic carbocycles. The number of carbonyl (C=O) groups excluding carboxylic acids is 3. The lowest BCUT2D eigenvalue weighted by Gasteiger charge is -2.30. The van der Waals surface area contributed by atoms with Crippen LogP contribution >= 0.6 is 0 Å². The largest absolute Gasteiger partial charge is 0.469 e. The van der Waals surface area contributed by atoms with Gasteiger partial charge in [-0.3, -0.25) is 14.4 Å². The lowest BCUT2D eigenvalue weighted by atomic mass is 9.80. The number of esters is 1. The minimum Gasteiger partial charge on any atom is -0.469 e. The molecule has 2 unspecified atom stereocenters. The van der Waals surface area contributed by atoms with Gasteiger partial charge in [-0.15, -0.1) is 5.10 Å². The van der Waals surface area contributed by atoms with E-state index in [1.165, 1.54) is 7.11 Å². The Morgan fingerprint density at radius 3 is 2.45 bits per heavy atom. The van der Waals surface area contributed by atoms with Crippen molar-refractivity contribution in [1.82, 2.24) is 25.6 Å². The number of carbonyl (C=O) groups is 3. The van der Waals surface area contributed by atoms with Gasteiger partial charge in [-0.1, -0.05) is 78.0 Å². The summed E-state index contributed by atoms with van der Waals surface area (Å²) in [5.74, 6) is -0.951. The Bertz CT molecular complexity index is 1500. The van der Waals surface area contributed by atoms with Crippen LogP contribution in [0.5, 0.6) is 0 Å². The summed E-state index contributed by atoms with van der Waals surface area (Å²) < 4.78 is 6.55. The highest BCUT2D eigenvalue weighted by Gasteiger charge is 2.32. The zero-order chi connectivity index (χ0) is 27.9. The average Bonchev–Trinajstić information content (AvgIpc) is 3.50. The molecule has 40 heavy (non-hydrogen) atoms.